The summed E-state index contributed by atoms with van der Waals surface area (Å²) in [7, 11) is 4.32. The first kappa shape index (κ1) is 19.9. The van der Waals surface area contributed by atoms with Gasteiger partial charge in [0.1, 0.15) is 11.6 Å². The van der Waals surface area contributed by atoms with Crippen LogP contribution in [0.4, 0.5) is 10.1 Å². The summed E-state index contributed by atoms with van der Waals surface area (Å²) >= 11 is 0. The third-order valence-corrected chi connectivity index (χ3v) is 3.61. The number of amides is 2. The van der Waals surface area contributed by atoms with Crippen LogP contribution in [0.25, 0.3) is 0 Å². The number of carbonyl (C=O) groups excluding carboxylic acids is 3. The van der Waals surface area contributed by atoms with Crippen molar-refractivity contribution in [2.75, 3.05) is 33.1 Å². The number of hydrogen-bond acceptors (Lipinski definition) is 5. The highest BCUT2D eigenvalue weighted by molar-refractivity contribution is 6.06. The van der Waals surface area contributed by atoms with E-state index in [2.05, 4.69) is 10.1 Å². The third-order valence-electron chi connectivity index (χ3n) is 3.61. The van der Waals surface area contributed by atoms with Gasteiger partial charge in [-0.2, -0.15) is 0 Å². The zero-order valence-electron chi connectivity index (χ0n) is 15.1. The molecule has 0 unspecified atom stereocenters. The summed E-state index contributed by atoms with van der Waals surface area (Å²) in [6.07, 6.45) is 0. The number of hydrogen-bond donors (Lipinski definition) is 1. The van der Waals surface area contributed by atoms with Crippen LogP contribution in [0.15, 0.2) is 42.5 Å². The quantitative estimate of drug-likeness (QED) is 0.785. The maximum atomic E-state index is 13.7. The molecule has 0 aromatic heterocycles. The SMILES string of the molecule is COC(=O)c1cc(NC(=O)c2ccccc2OCC(=O)N(C)C)ccc1F. The molecule has 0 atom stereocenters. The molecular weight excluding hydrogens is 355 g/mol. The Morgan fingerprint density at radius 1 is 1.07 bits per heavy atom. The van der Waals surface area contributed by atoms with E-state index in [1.54, 1.807) is 32.3 Å². The van der Waals surface area contributed by atoms with Gasteiger partial charge < -0.3 is 19.7 Å². The molecule has 2 aromatic rings. The minimum Gasteiger partial charge on any atom is -0.483 e. The molecule has 2 amide bonds. The lowest BCUT2D eigenvalue weighted by Crippen LogP contribution is -2.28. The summed E-state index contributed by atoms with van der Waals surface area (Å²) in [4.78, 5) is 37.2. The molecule has 2 aromatic carbocycles. The van der Waals surface area contributed by atoms with E-state index in [-0.39, 0.29) is 35.1 Å². The number of carbonyl (C=O) groups is 3. The number of benzene rings is 2. The van der Waals surface area contributed by atoms with E-state index in [1.165, 1.54) is 23.1 Å². The summed E-state index contributed by atoms with van der Waals surface area (Å²) in [6.45, 7) is -0.222. The highest BCUT2D eigenvalue weighted by Gasteiger charge is 2.17. The molecule has 0 spiro atoms. The number of rotatable bonds is 6. The highest BCUT2D eigenvalue weighted by atomic mass is 19.1. The van der Waals surface area contributed by atoms with Gasteiger partial charge in [0.05, 0.1) is 18.2 Å². The molecule has 0 saturated heterocycles. The van der Waals surface area contributed by atoms with Crippen molar-refractivity contribution in [2.24, 2.45) is 0 Å². The molecular formula is C19H19FN2O5. The van der Waals surface area contributed by atoms with Crippen LogP contribution in [-0.4, -0.2) is 50.5 Å². The van der Waals surface area contributed by atoms with Crippen LogP contribution in [0.2, 0.25) is 0 Å². The van der Waals surface area contributed by atoms with Crippen LogP contribution in [0.1, 0.15) is 20.7 Å². The number of ether oxygens (including phenoxy) is 2. The molecule has 0 bridgehead atoms. The summed E-state index contributed by atoms with van der Waals surface area (Å²) in [5.74, 6) is -2.18. The molecule has 0 aliphatic rings. The standard InChI is InChI=1S/C19H19FN2O5/c1-22(2)17(23)11-27-16-7-5-4-6-13(16)18(24)21-12-8-9-15(20)14(10-12)19(25)26-3/h4-10H,11H2,1-3H3,(H,21,24). The van der Waals surface area contributed by atoms with Crippen LogP contribution >= 0.6 is 0 Å². The van der Waals surface area contributed by atoms with Crippen molar-refractivity contribution in [3.8, 4) is 5.75 Å². The van der Waals surface area contributed by atoms with Gasteiger partial charge >= 0.3 is 5.97 Å². The zero-order chi connectivity index (χ0) is 20.0. The first-order valence-corrected chi connectivity index (χ1v) is 7.94. The van der Waals surface area contributed by atoms with Crippen LogP contribution in [0, 0.1) is 5.82 Å². The Morgan fingerprint density at radius 2 is 1.78 bits per heavy atom. The molecule has 2 rings (SSSR count). The number of methoxy groups -OCH3 is 1. The average molecular weight is 374 g/mol. The summed E-state index contributed by atoms with van der Waals surface area (Å²) in [6, 6.07) is 9.94. The second-order valence-electron chi connectivity index (χ2n) is 5.71. The normalized spacial score (nSPS) is 10.1. The van der Waals surface area contributed by atoms with Gasteiger partial charge in [-0.15, -0.1) is 0 Å². The molecule has 7 nitrogen and oxygen atoms in total. The Bertz CT molecular complexity index is 867. The molecule has 0 fully saturated rings. The molecule has 0 heterocycles. The van der Waals surface area contributed by atoms with Crippen molar-refractivity contribution in [1.82, 2.24) is 4.90 Å². The van der Waals surface area contributed by atoms with Gasteiger partial charge in [0, 0.05) is 19.8 Å². The fraction of sp³-hybridized carbons (Fsp3) is 0.211. The van der Waals surface area contributed by atoms with Crippen molar-refractivity contribution in [2.45, 2.75) is 0 Å². The Balaban J connectivity index is 2.19. The fourth-order valence-corrected chi connectivity index (χ4v) is 2.12. The number of halogens is 1. The summed E-state index contributed by atoms with van der Waals surface area (Å²) in [5, 5.41) is 2.57. The fourth-order valence-electron chi connectivity index (χ4n) is 2.12. The number of para-hydroxylation sites is 1. The lowest BCUT2D eigenvalue weighted by Gasteiger charge is -2.14. The average Bonchev–Trinajstić information content (AvgIpc) is 2.66. The van der Waals surface area contributed by atoms with Gasteiger partial charge in [-0.1, -0.05) is 12.1 Å². The topological polar surface area (TPSA) is 84.9 Å². The van der Waals surface area contributed by atoms with Crippen molar-refractivity contribution >= 4 is 23.5 Å². The van der Waals surface area contributed by atoms with E-state index >= 15 is 0 Å². The number of esters is 1. The van der Waals surface area contributed by atoms with Crippen molar-refractivity contribution in [3.63, 3.8) is 0 Å². The van der Waals surface area contributed by atoms with Gasteiger partial charge in [0.2, 0.25) is 0 Å². The van der Waals surface area contributed by atoms with Gasteiger partial charge in [-0.3, -0.25) is 9.59 Å². The molecule has 0 aliphatic carbocycles. The predicted molar refractivity (Wildman–Crippen MR) is 96.3 cm³/mol. The molecule has 142 valence electrons. The largest absolute Gasteiger partial charge is 0.483 e. The smallest absolute Gasteiger partial charge is 0.340 e. The number of likely N-dealkylation sites (N-methyl/N-ethyl adjacent to an activating group) is 1. The second kappa shape index (κ2) is 8.79. The molecule has 27 heavy (non-hydrogen) atoms. The number of anilines is 1. The Hall–Kier alpha value is -3.42. The molecule has 0 aliphatic heterocycles. The first-order chi connectivity index (χ1) is 12.8. The first-order valence-electron chi connectivity index (χ1n) is 7.94. The van der Waals surface area contributed by atoms with Gasteiger partial charge in [-0.05, 0) is 30.3 Å². The third kappa shape index (κ3) is 5.04. The lowest BCUT2D eigenvalue weighted by atomic mass is 10.1. The number of nitrogens with one attached hydrogen (secondary N) is 1. The van der Waals surface area contributed by atoms with Crippen LogP contribution < -0.4 is 10.1 Å². The van der Waals surface area contributed by atoms with Crippen LogP contribution in [0.5, 0.6) is 5.75 Å². The maximum Gasteiger partial charge on any atom is 0.340 e. The Labute approximate surface area is 155 Å². The molecule has 8 heteroatoms. The van der Waals surface area contributed by atoms with Crippen LogP contribution in [0.3, 0.4) is 0 Å². The predicted octanol–water partition coefficient (Wildman–Crippen LogP) is 2.33. The second-order valence-corrected chi connectivity index (χ2v) is 5.71. The minimum absolute atomic E-state index is 0.188. The molecule has 0 radical (unpaired) electrons. The van der Waals surface area contributed by atoms with E-state index in [4.69, 9.17) is 4.74 Å². The van der Waals surface area contributed by atoms with Crippen molar-refractivity contribution in [3.05, 3.63) is 59.4 Å². The monoisotopic (exact) mass is 374 g/mol. The van der Waals surface area contributed by atoms with E-state index in [0.717, 1.165) is 13.2 Å². The van der Waals surface area contributed by atoms with E-state index in [1.807, 2.05) is 0 Å². The number of nitrogens with zero attached hydrogens (tertiary/aromatic N) is 1. The van der Waals surface area contributed by atoms with E-state index in [0.29, 0.717) is 0 Å². The lowest BCUT2D eigenvalue weighted by molar-refractivity contribution is -0.130. The Kier molecular flexibility index (Phi) is 6.48. The van der Waals surface area contributed by atoms with Gasteiger partial charge in [-0.25, -0.2) is 9.18 Å². The molecule has 1 N–H and O–H groups in total. The van der Waals surface area contributed by atoms with Gasteiger partial charge in [0.25, 0.3) is 11.8 Å². The minimum atomic E-state index is -0.852. The van der Waals surface area contributed by atoms with Crippen LogP contribution in [-0.2, 0) is 9.53 Å². The van der Waals surface area contributed by atoms with E-state index < -0.39 is 17.7 Å². The summed E-state index contributed by atoms with van der Waals surface area (Å²) < 4.78 is 23.6. The van der Waals surface area contributed by atoms with Gasteiger partial charge in [0.15, 0.2) is 6.61 Å². The highest BCUT2D eigenvalue weighted by Crippen LogP contribution is 2.21. The van der Waals surface area contributed by atoms with Crippen molar-refractivity contribution < 1.29 is 28.2 Å². The Morgan fingerprint density at radius 3 is 2.44 bits per heavy atom. The van der Waals surface area contributed by atoms with Crippen molar-refractivity contribution in [1.29, 1.82) is 0 Å². The maximum absolute atomic E-state index is 13.7. The van der Waals surface area contributed by atoms with E-state index in [9.17, 15) is 18.8 Å². The summed E-state index contributed by atoms with van der Waals surface area (Å²) in [5.41, 5.74) is 0.102. The zero-order valence-corrected chi connectivity index (χ0v) is 15.1. The molecule has 0 saturated carbocycles.